The van der Waals surface area contributed by atoms with Crippen LogP contribution in [0.25, 0.3) is 0 Å². The number of carbonyl (C=O) groups is 1. The molecule has 0 atom stereocenters. The molecular weight excluding hydrogens is 217 g/mol. The largest absolute Gasteiger partial charge is 0.326 e. The van der Waals surface area contributed by atoms with Crippen LogP contribution in [-0.4, -0.2) is 5.78 Å². The van der Waals surface area contributed by atoms with Crippen molar-refractivity contribution in [3.63, 3.8) is 0 Å². The van der Waals surface area contributed by atoms with Crippen molar-refractivity contribution in [2.24, 2.45) is 5.73 Å². The predicted octanol–water partition coefficient (Wildman–Crippen LogP) is 2.52. The Morgan fingerprint density at radius 2 is 1.76 bits per heavy atom. The molecule has 2 aromatic carbocycles. The van der Waals surface area contributed by atoms with Crippen LogP contribution in [0, 0.1) is 5.82 Å². The molecule has 86 valence electrons. The van der Waals surface area contributed by atoms with Gasteiger partial charge in [-0.15, -0.1) is 0 Å². The lowest BCUT2D eigenvalue weighted by Crippen LogP contribution is -2.02. The zero-order valence-electron chi connectivity index (χ0n) is 9.19. The van der Waals surface area contributed by atoms with Gasteiger partial charge >= 0.3 is 0 Å². The van der Waals surface area contributed by atoms with E-state index in [-0.39, 0.29) is 5.78 Å². The van der Waals surface area contributed by atoms with Gasteiger partial charge in [0.2, 0.25) is 0 Å². The number of carbonyl (C=O) groups excluding carboxylic acids is 1. The molecule has 0 radical (unpaired) electrons. The van der Waals surface area contributed by atoms with E-state index in [1.807, 2.05) is 0 Å². The van der Waals surface area contributed by atoms with Gasteiger partial charge in [0, 0.05) is 17.7 Å². The standard InChI is InChI=1S/C14H12FNO/c15-13-3-1-2-12(8-13)14(17)11-6-4-10(9-16)5-7-11/h1-8H,9,16H2. The second-order valence-electron chi connectivity index (χ2n) is 3.74. The average molecular weight is 229 g/mol. The Bertz CT molecular complexity index is 534. The Labute approximate surface area is 98.9 Å². The summed E-state index contributed by atoms with van der Waals surface area (Å²) in [5.41, 5.74) is 7.32. The van der Waals surface area contributed by atoms with Gasteiger partial charge in [-0.05, 0) is 17.7 Å². The molecule has 0 aliphatic heterocycles. The Balaban J connectivity index is 2.30. The maximum atomic E-state index is 13.0. The smallest absolute Gasteiger partial charge is 0.193 e. The Kier molecular flexibility index (Phi) is 3.30. The number of halogens is 1. The van der Waals surface area contributed by atoms with E-state index in [0.717, 1.165) is 5.56 Å². The number of nitrogens with two attached hydrogens (primary N) is 1. The molecule has 0 unspecified atom stereocenters. The molecule has 2 nitrogen and oxygen atoms in total. The van der Waals surface area contributed by atoms with Gasteiger partial charge in [0.1, 0.15) is 5.82 Å². The minimum atomic E-state index is -0.408. The summed E-state index contributed by atoms with van der Waals surface area (Å²) >= 11 is 0. The van der Waals surface area contributed by atoms with Crippen LogP contribution in [0.4, 0.5) is 4.39 Å². The highest BCUT2D eigenvalue weighted by Gasteiger charge is 2.09. The average Bonchev–Trinajstić information content (AvgIpc) is 2.38. The first-order valence-corrected chi connectivity index (χ1v) is 5.30. The molecule has 0 fully saturated rings. The molecule has 0 heterocycles. The zero-order chi connectivity index (χ0) is 12.3. The lowest BCUT2D eigenvalue weighted by atomic mass is 10.0. The third kappa shape index (κ3) is 2.57. The Hall–Kier alpha value is -2.00. The first-order chi connectivity index (χ1) is 8.20. The fraction of sp³-hybridized carbons (Fsp3) is 0.0714. The summed E-state index contributed by atoms with van der Waals surface area (Å²) in [6, 6.07) is 12.7. The molecule has 17 heavy (non-hydrogen) atoms. The topological polar surface area (TPSA) is 43.1 Å². The highest BCUT2D eigenvalue weighted by Crippen LogP contribution is 2.12. The van der Waals surface area contributed by atoms with E-state index in [4.69, 9.17) is 5.73 Å². The first-order valence-electron chi connectivity index (χ1n) is 5.30. The van der Waals surface area contributed by atoms with Gasteiger partial charge in [-0.25, -0.2) is 4.39 Å². The lowest BCUT2D eigenvalue weighted by Gasteiger charge is -2.02. The van der Waals surface area contributed by atoms with Crippen LogP contribution in [0.15, 0.2) is 48.5 Å². The molecule has 3 heteroatoms. The van der Waals surface area contributed by atoms with Crippen molar-refractivity contribution in [2.45, 2.75) is 6.54 Å². The van der Waals surface area contributed by atoms with Gasteiger partial charge in [-0.2, -0.15) is 0 Å². The maximum Gasteiger partial charge on any atom is 0.193 e. The highest BCUT2D eigenvalue weighted by molar-refractivity contribution is 6.08. The Morgan fingerprint density at radius 1 is 1.06 bits per heavy atom. The molecule has 2 rings (SSSR count). The molecule has 0 aliphatic rings. The molecule has 0 saturated heterocycles. The molecule has 2 N–H and O–H groups in total. The fourth-order valence-electron chi connectivity index (χ4n) is 1.59. The fourth-order valence-corrected chi connectivity index (χ4v) is 1.59. The molecule has 0 spiro atoms. The van der Waals surface area contributed by atoms with Crippen LogP contribution in [0.2, 0.25) is 0 Å². The number of rotatable bonds is 3. The predicted molar refractivity (Wildman–Crippen MR) is 64.2 cm³/mol. The van der Waals surface area contributed by atoms with Crippen LogP contribution in [-0.2, 0) is 6.54 Å². The quantitative estimate of drug-likeness (QED) is 0.822. The number of ketones is 1. The zero-order valence-corrected chi connectivity index (χ0v) is 9.19. The third-order valence-electron chi connectivity index (χ3n) is 2.54. The van der Waals surface area contributed by atoms with Gasteiger partial charge < -0.3 is 5.73 Å². The molecular formula is C14H12FNO. The summed E-state index contributed by atoms with van der Waals surface area (Å²) in [5.74, 6) is -0.595. The summed E-state index contributed by atoms with van der Waals surface area (Å²) in [5, 5.41) is 0. The van der Waals surface area contributed by atoms with E-state index in [2.05, 4.69) is 0 Å². The van der Waals surface area contributed by atoms with Crippen LogP contribution < -0.4 is 5.73 Å². The van der Waals surface area contributed by atoms with Gasteiger partial charge in [0.15, 0.2) is 5.78 Å². The van der Waals surface area contributed by atoms with E-state index in [0.29, 0.717) is 17.7 Å². The molecule has 0 bridgehead atoms. The van der Waals surface area contributed by atoms with Crippen molar-refractivity contribution in [1.29, 1.82) is 0 Å². The third-order valence-corrected chi connectivity index (χ3v) is 2.54. The van der Waals surface area contributed by atoms with Gasteiger partial charge in [-0.3, -0.25) is 4.79 Å². The van der Waals surface area contributed by atoms with E-state index < -0.39 is 5.82 Å². The van der Waals surface area contributed by atoms with Crippen LogP contribution >= 0.6 is 0 Å². The Morgan fingerprint density at radius 3 is 2.35 bits per heavy atom. The molecule has 0 amide bonds. The SMILES string of the molecule is NCc1ccc(C(=O)c2cccc(F)c2)cc1. The van der Waals surface area contributed by atoms with E-state index in [9.17, 15) is 9.18 Å². The maximum absolute atomic E-state index is 13.0. The van der Waals surface area contributed by atoms with E-state index in [1.54, 1.807) is 30.3 Å². The van der Waals surface area contributed by atoms with Crippen molar-refractivity contribution < 1.29 is 9.18 Å². The molecule has 0 aromatic heterocycles. The normalized spacial score (nSPS) is 10.2. The molecule has 2 aromatic rings. The van der Waals surface area contributed by atoms with Crippen molar-refractivity contribution >= 4 is 5.78 Å². The van der Waals surface area contributed by atoms with Crippen molar-refractivity contribution in [2.75, 3.05) is 0 Å². The van der Waals surface area contributed by atoms with Crippen LogP contribution in [0.3, 0.4) is 0 Å². The monoisotopic (exact) mass is 229 g/mol. The summed E-state index contributed by atoms with van der Waals surface area (Å²) in [6.07, 6.45) is 0. The number of benzene rings is 2. The minimum absolute atomic E-state index is 0.187. The number of hydrogen-bond donors (Lipinski definition) is 1. The molecule has 0 saturated carbocycles. The second-order valence-corrected chi connectivity index (χ2v) is 3.74. The highest BCUT2D eigenvalue weighted by atomic mass is 19.1. The van der Waals surface area contributed by atoms with E-state index >= 15 is 0 Å². The van der Waals surface area contributed by atoms with E-state index in [1.165, 1.54) is 18.2 Å². The lowest BCUT2D eigenvalue weighted by molar-refractivity contribution is 0.103. The van der Waals surface area contributed by atoms with Crippen molar-refractivity contribution in [1.82, 2.24) is 0 Å². The van der Waals surface area contributed by atoms with Crippen molar-refractivity contribution in [3.05, 3.63) is 71.0 Å². The molecule has 0 aliphatic carbocycles. The summed E-state index contributed by atoms with van der Waals surface area (Å²) in [4.78, 5) is 12.0. The minimum Gasteiger partial charge on any atom is -0.326 e. The second kappa shape index (κ2) is 4.89. The van der Waals surface area contributed by atoms with Gasteiger partial charge in [0.25, 0.3) is 0 Å². The number of hydrogen-bond acceptors (Lipinski definition) is 2. The summed E-state index contributed by atoms with van der Waals surface area (Å²) in [7, 11) is 0. The van der Waals surface area contributed by atoms with Crippen LogP contribution in [0.5, 0.6) is 0 Å². The van der Waals surface area contributed by atoms with Gasteiger partial charge in [-0.1, -0.05) is 36.4 Å². The summed E-state index contributed by atoms with van der Waals surface area (Å²) in [6.45, 7) is 0.439. The first kappa shape index (κ1) is 11.5. The summed E-state index contributed by atoms with van der Waals surface area (Å²) < 4.78 is 13.0. The van der Waals surface area contributed by atoms with Crippen molar-refractivity contribution in [3.8, 4) is 0 Å². The van der Waals surface area contributed by atoms with Gasteiger partial charge in [0.05, 0.1) is 0 Å². The van der Waals surface area contributed by atoms with Crippen LogP contribution in [0.1, 0.15) is 21.5 Å².